The van der Waals surface area contributed by atoms with Gasteiger partial charge in [-0.15, -0.1) is 0 Å². The van der Waals surface area contributed by atoms with Gasteiger partial charge in [-0.25, -0.2) is 18.7 Å². The zero-order chi connectivity index (χ0) is 25.1. The quantitative estimate of drug-likeness (QED) is 0.327. The lowest BCUT2D eigenvalue weighted by Crippen LogP contribution is -2.52. The number of H-pyrrole nitrogens is 1. The molecule has 1 saturated heterocycles. The van der Waals surface area contributed by atoms with Crippen LogP contribution in [0, 0.1) is 11.6 Å². The van der Waals surface area contributed by atoms with Crippen LogP contribution in [-0.4, -0.2) is 66.2 Å². The topological polar surface area (TPSA) is 127 Å². The molecular formula is C23H23F2N5O5. The molecule has 1 aliphatic rings. The van der Waals surface area contributed by atoms with Crippen molar-refractivity contribution >= 4 is 28.7 Å². The summed E-state index contributed by atoms with van der Waals surface area (Å²) in [6.07, 6.45) is 3.21. The predicted octanol–water partition coefficient (Wildman–Crippen LogP) is 2.36. The first-order valence-corrected chi connectivity index (χ1v) is 10.6. The summed E-state index contributed by atoms with van der Waals surface area (Å²) in [7, 11) is 2.39. The van der Waals surface area contributed by atoms with Crippen LogP contribution in [0.2, 0.25) is 0 Å². The molecule has 12 heteroatoms. The zero-order valence-electron chi connectivity index (χ0n) is 19.0. The van der Waals surface area contributed by atoms with Crippen LogP contribution in [0.3, 0.4) is 0 Å². The van der Waals surface area contributed by atoms with E-state index in [0.717, 1.165) is 6.07 Å². The number of fused-ring (bicyclic) bond motifs is 1. The van der Waals surface area contributed by atoms with Gasteiger partial charge in [0.2, 0.25) is 17.6 Å². The first kappa shape index (κ1) is 24.1. The normalized spacial score (nSPS) is 17.6. The summed E-state index contributed by atoms with van der Waals surface area (Å²) in [6.45, 7) is 4.27. The number of ether oxygens (including phenoxy) is 3. The number of methoxy groups -OCH3 is 2. The van der Waals surface area contributed by atoms with Crippen molar-refractivity contribution in [1.82, 2.24) is 20.3 Å². The summed E-state index contributed by atoms with van der Waals surface area (Å²) < 4.78 is 44.8. The van der Waals surface area contributed by atoms with Gasteiger partial charge in [-0.1, -0.05) is 6.58 Å². The number of benzene rings is 1. The average molecular weight is 487 g/mol. The zero-order valence-corrected chi connectivity index (χ0v) is 19.0. The van der Waals surface area contributed by atoms with E-state index in [9.17, 15) is 18.4 Å². The standard InChI is InChI=1S/C23H23F2N5O5/c1-4-18(31)28-11-5-6-35-10-15(11)30-23-26-9-14-12(29-23)7-13(27-14)22(32)19-20(24)16(33-2)8-17(34-3)21(19)25/h4,7-9,11,15,27H,1,5-6,10H2,2-3H3,(H,28,31)(H,26,29,30). The van der Waals surface area contributed by atoms with Crippen LogP contribution >= 0.6 is 0 Å². The molecule has 1 aromatic carbocycles. The molecule has 0 radical (unpaired) electrons. The van der Waals surface area contributed by atoms with Gasteiger partial charge in [0.05, 0.1) is 55.8 Å². The molecule has 4 rings (SSSR count). The summed E-state index contributed by atoms with van der Waals surface area (Å²) >= 11 is 0. The van der Waals surface area contributed by atoms with E-state index in [1.807, 2.05) is 0 Å². The van der Waals surface area contributed by atoms with Crippen molar-refractivity contribution < 1.29 is 32.6 Å². The number of amides is 1. The molecule has 2 aromatic heterocycles. The Kier molecular flexibility index (Phi) is 6.92. The number of aromatic nitrogens is 3. The van der Waals surface area contributed by atoms with Gasteiger partial charge in [0.15, 0.2) is 23.1 Å². The Labute approximate surface area is 198 Å². The SMILES string of the molecule is C=CC(=O)NC1CCOCC1Nc1ncc2[nH]c(C(=O)c3c(F)c(OC)cc(OC)c3F)cc2n1. The number of hydrogen-bond acceptors (Lipinski definition) is 8. The number of aromatic amines is 1. The molecular weight excluding hydrogens is 464 g/mol. The Morgan fingerprint density at radius 2 is 1.91 bits per heavy atom. The number of nitrogens with one attached hydrogen (secondary N) is 3. The van der Waals surface area contributed by atoms with Gasteiger partial charge in [0.1, 0.15) is 5.56 Å². The van der Waals surface area contributed by atoms with Crippen molar-refractivity contribution in [3.05, 3.63) is 53.9 Å². The molecule has 0 aliphatic carbocycles. The maximum Gasteiger partial charge on any atom is 0.243 e. The van der Waals surface area contributed by atoms with E-state index in [-0.39, 0.29) is 41.1 Å². The van der Waals surface area contributed by atoms with Crippen molar-refractivity contribution in [2.75, 3.05) is 32.8 Å². The van der Waals surface area contributed by atoms with Gasteiger partial charge < -0.3 is 29.8 Å². The highest BCUT2D eigenvalue weighted by Gasteiger charge is 2.29. The molecule has 1 amide bonds. The number of nitrogens with zero attached hydrogens (tertiary/aromatic N) is 2. The molecule has 3 N–H and O–H groups in total. The summed E-state index contributed by atoms with van der Waals surface area (Å²) in [5.41, 5.74) is -0.202. The van der Waals surface area contributed by atoms with Crippen molar-refractivity contribution in [3.63, 3.8) is 0 Å². The molecule has 2 atom stereocenters. The van der Waals surface area contributed by atoms with Crippen LogP contribution in [0.25, 0.3) is 11.0 Å². The maximum atomic E-state index is 14.8. The number of carbonyl (C=O) groups is 2. The Hall–Kier alpha value is -4.06. The number of anilines is 1. The van der Waals surface area contributed by atoms with Crippen molar-refractivity contribution in [2.24, 2.45) is 0 Å². The highest BCUT2D eigenvalue weighted by Crippen LogP contribution is 2.33. The molecule has 0 bridgehead atoms. The first-order chi connectivity index (χ1) is 16.9. The maximum absolute atomic E-state index is 14.8. The molecule has 1 aliphatic heterocycles. The number of rotatable bonds is 8. The van der Waals surface area contributed by atoms with Gasteiger partial charge in [-0.05, 0) is 18.6 Å². The minimum absolute atomic E-state index is 0.100. The van der Waals surface area contributed by atoms with Crippen LogP contribution in [-0.2, 0) is 9.53 Å². The van der Waals surface area contributed by atoms with E-state index in [1.165, 1.54) is 32.6 Å². The third-order valence-electron chi connectivity index (χ3n) is 5.60. The van der Waals surface area contributed by atoms with Crippen LogP contribution in [0.15, 0.2) is 31.0 Å². The minimum atomic E-state index is -1.15. The molecule has 2 unspecified atom stereocenters. The van der Waals surface area contributed by atoms with E-state index in [4.69, 9.17) is 14.2 Å². The second-order valence-electron chi connectivity index (χ2n) is 7.72. The fourth-order valence-electron chi connectivity index (χ4n) is 3.79. The monoisotopic (exact) mass is 487 g/mol. The fourth-order valence-corrected chi connectivity index (χ4v) is 3.79. The minimum Gasteiger partial charge on any atom is -0.494 e. The summed E-state index contributed by atoms with van der Waals surface area (Å²) in [5, 5.41) is 5.97. The number of hydrogen-bond donors (Lipinski definition) is 3. The Morgan fingerprint density at radius 3 is 2.57 bits per heavy atom. The van der Waals surface area contributed by atoms with Crippen molar-refractivity contribution in [1.29, 1.82) is 0 Å². The molecule has 0 spiro atoms. The smallest absolute Gasteiger partial charge is 0.243 e. The van der Waals surface area contributed by atoms with Gasteiger partial charge in [-0.3, -0.25) is 9.59 Å². The summed E-state index contributed by atoms with van der Waals surface area (Å²) in [5.74, 6) is -3.98. The molecule has 1 fully saturated rings. The lowest BCUT2D eigenvalue weighted by molar-refractivity contribution is -0.117. The van der Waals surface area contributed by atoms with Gasteiger partial charge >= 0.3 is 0 Å². The second-order valence-corrected chi connectivity index (χ2v) is 7.72. The summed E-state index contributed by atoms with van der Waals surface area (Å²) in [4.78, 5) is 36.1. The third-order valence-corrected chi connectivity index (χ3v) is 5.60. The van der Waals surface area contributed by atoms with Crippen molar-refractivity contribution in [2.45, 2.75) is 18.5 Å². The summed E-state index contributed by atoms with van der Waals surface area (Å²) in [6, 6.07) is 1.85. The lowest BCUT2D eigenvalue weighted by atomic mass is 10.0. The van der Waals surface area contributed by atoms with E-state index >= 15 is 0 Å². The van der Waals surface area contributed by atoms with E-state index in [1.54, 1.807) is 0 Å². The molecule has 3 heterocycles. The Bertz CT molecular complexity index is 1270. The van der Waals surface area contributed by atoms with Crippen LogP contribution in [0.4, 0.5) is 14.7 Å². The van der Waals surface area contributed by atoms with Crippen LogP contribution in [0.5, 0.6) is 11.5 Å². The molecule has 0 saturated carbocycles. The van der Waals surface area contributed by atoms with Gasteiger partial charge in [-0.2, -0.15) is 0 Å². The van der Waals surface area contributed by atoms with Gasteiger partial charge in [0, 0.05) is 12.7 Å². The molecule has 184 valence electrons. The lowest BCUT2D eigenvalue weighted by Gasteiger charge is -2.32. The molecule has 35 heavy (non-hydrogen) atoms. The van der Waals surface area contributed by atoms with Crippen LogP contribution < -0.4 is 20.1 Å². The van der Waals surface area contributed by atoms with Gasteiger partial charge in [0.25, 0.3) is 0 Å². The number of carbonyl (C=O) groups excluding carboxylic acids is 2. The number of ketones is 1. The Balaban J connectivity index is 1.62. The second kappa shape index (κ2) is 10.1. The van der Waals surface area contributed by atoms with Crippen molar-refractivity contribution in [3.8, 4) is 11.5 Å². The predicted molar refractivity (Wildman–Crippen MR) is 122 cm³/mol. The highest BCUT2D eigenvalue weighted by molar-refractivity contribution is 6.10. The Morgan fingerprint density at radius 1 is 1.20 bits per heavy atom. The fraction of sp³-hybridized carbons (Fsp3) is 0.304. The largest absolute Gasteiger partial charge is 0.494 e. The highest BCUT2D eigenvalue weighted by atomic mass is 19.1. The molecule has 3 aromatic rings. The average Bonchev–Trinajstić information content (AvgIpc) is 3.29. The van der Waals surface area contributed by atoms with E-state index < -0.39 is 23.0 Å². The van der Waals surface area contributed by atoms with Crippen LogP contribution in [0.1, 0.15) is 22.5 Å². The van der Waals surface area contributed by atoms with E-state index in [0.29, 0.717) is 30.7 Å². The first-order valence-electron chi connectivity index (χ1n) is 10.6. The molecule has 10 nitrogen and oxygen atoms in total. The number of halogens is 2. The van der Waals surface area contributed by atoms with E-state index in [2.05, 4.69) is 32.2 Å². The third kappa shape index (κ3) is 4.78.